The molecule has 2 bridgehead atoms. The molecule has 0 heterocycles. The van der Waals surface area contributed by atoms with Crippen LogP contribution in [-0.2, 0) is 0 Å². The number of hydrogen-bond acceptors (Lipinski definition) is 0. The molecule has 0 unspecified atom stereocenters. The van der Waals surface area contributed by atoms with Crippen LogP contribution in [0.25, 0.3) is 0 Å². The Balaban J connectivity index is 2.31. The SMILES string of the molecule is CC(C)(C)C1(C)C2CCCC1CCC2. The third kappa shape index (κ3) is 1.33. The predicted octanol–water partition coefficient (Wildman–Crippen LogP) is 4.64. The summed E-state index contributed by atoms with van der Waals surface area (Å²) in [5.74, 6) is 2.05. The van der Waals surface area contributed by atoms with Gasteiger partial charge in [-0.2, -0.15) is 0 Å². The zero-order valence-electron chi connectivity index (χ0n) is 10.4. The summed E-state index contributed by atoms with van der Waals surface area (Å²) in [6.45, 7) is 9.97. The van der Waals surface area contributed by atoms with Crippen molar-refractivity contribution in [3.8, 4) is 0 Å². The van der Waals surface area contributed by atoms with Gasteiger partial charge in [-0.3, -0.25) is 0 Å². The molecule has 0 N–H and O–H groups in total. The molecular weight excluding hydrogens is 168 g/mol. The van der Waals surface area contributed by atoms with Gasteiger partial charge in [0, 0.05) is 0 Å². The van der Waals surface area contributed by atoms with E-state index in [0.29, 0.717) is 10.8 Å². The van der Waals surface area contributed by atoms with E-state index in [-0.39, 0.29) is 0 Å². The Morgan fingerprint density at radius 1 is 0.857 bits per heavy atom. The lowest BCUT2D eigenvalue weighted by molar-refractivity contribution is -0.0879. The Kier molecular flexibility index (Phi) is 2.44. The Morgan fingerprint density at radius 2 is 1.21 bits per heavy atom. The maximum atomic E-state index is 2.58. The minimum Gasteiger partial charge on any atom is -0.0596 e. The molecule has 0 saturated heterocycles. The average molecular weight is 194 g/mol. The summed E-state index contributed by atoms with van der Waals surface area (Å²) in [5.41, 5.74) is 1.13. The van der Waals surface area contributed by atoms with Crippen molar-refractivity contribution in [2.45, 2.75) is 66.2 Å². The molecule has 0 radical (unpaired) electrons. The molecule has 2 rings (SSSR count). The van der Waals surface area contributed by atoms with Crippen molar-refractivity contribution < 1.29 is 0 Å². The second kappa shape index (κ2) is 3.25. The highest BCUT2D eigenvalue weighted by atomic mass is 14.6. The van der Waals surface area contributed by atoms with Gasteiger partial charge in [0.15, 0.2) is 0 Å². The average Bonchev–Trinajstić information content (AvgIpc) is 2.00. The summed E-state index contributed by atoms with van der Waals surface area (Å²) in [7, 11) is 0. The first-order valence-corrected chi connectivity index (χ1v) is 6.46. The summed E-state index contributed by atoms with van der Waals surface area (Å²) in [4.78, 5) is 0. The summed E-state index contributed by atoms with van der Waals surface area (Å²) in [5, 5.41) is 0. The number of rotatable bonds is 0. The van der Waals surface area contributed by atoms with Crippen LogP contribution >= 0.6 is 0 Å². The zero-order chi connectivity index (χ0) is 10.4. The molecule has 2 saturated carbocycles. The van der Waals surface area contributed by atoms with E-state index in [2.05, 4.69) is 27.7 Å². The maximum Gasteiger partial charge on any atom is -0.0221 e. The van der Waals surface area contributed by atoms with Crippen LogP contribution < -0.4 is 0 Å². The van der Waals surface area contributed by atoms with E-state index in [1.807, 2.05) is 0 Å². The number of fused-ring (bicyclic) bond motifs is 2. The molecular formula is C14H26. The van der Waals surface area contributed by atoms with E-state index in [1.54, 1.807) is 0 Å². The minimum absolute atomic E-state index is 0.503. The highest BCUT2D eigenvalue weighted by Gasteiger charge is 2.52. The molecule has 14 heavy (non-hydrogen) atoms. The third-order valence-electron chi connectivity index (χ3n) is 5.52. The molecule has 0 spiro atoms. The van der Waals surface area contributed by atoms with Crippen molar-refractivity contribution in [2.75, 3.05) is 0 Å². The standard InChI is InChI=1S/C14H26/c1-13(2,3)14(4)11-7-5-8-12(14)10-6-9-11/h11-12H,5-10H2,1-4H3. The van der Waals surface area contributed by atoms with Crippen molar-refractivity contribution in [1.82, 2.24) is 0 Å². The second-order valence-corrected chi connectivity index (χ2v) is 6.79. The van der Waals surface area contributed by atoms with Crippen LogP contribution in [-0.4, -0.2) is 0 Å². The lowest BCUT2D eigenvalue weighted by Crippen LogP contribution is -2.50. The molecule has 0 aromatic heterocycles. The smallest absolute Gasteiger partial charge is 0.0221 e. The van der Waals surface area contributed by atoms with E-state index >= 15 is 0 Å². The van der Waals surface area contributed by atoms with Gasteiger partial charge in [0.2, 0.25) is 0 Å². The van der Waals surface area contributed by atoms with E-state index in [4.69, 9.17) is 0 Å². The Bertz CT molecular complexity index is 187. The maximum absolute atomic E-state index is 2.58. The first-order chi connectivity index (χ1) is 6.46. The van der Waals surface area contributed by atoms with Gasteiger partial charge in [0.25, 0.3) is 0 Å². The monoisotopic (exact) mass is 194 g/mol. The van der Waals surface area contributed by atoms with Crippen molar-refractivity contribution in [3.63, 3.8) is 0 Å². The molecule has 0 aromatic rings. The van der Waals surface area contributed by atoms with Crippen LogP contribution in [0.2, 0.25) is 0 Å². The lowest BCUT2D eigenvalue weighted by Gasteiger charge is -2.58. The molecule has 2 aliphatic carbocycles. The van der Waals surface area contributed by atoms with Crippen LogP contribution in [0.3, 0.4) is 0 Å². The number of hydrogen-bond donors (Lipinski definition) is 0. The first kappa shape index (κ1) is 10.5. The minimum atomic E-state index is 0.503. The normalized spacial score (nSPS) is 43.7. The van der Waals surface area contributed by atoms with Crippen LogP contribution in [0.1, 0.15) is 66.2 Å². The van der Waals surface area contributed by atoms with E-state index in [0.717, 1.165) is 11.8 Å². The Morgan fingerprint density at radius 3 is 1.43 bits per heavy atom. The zero-order valence-corrected chi connectivity index (χ0v) is 10.4. The van der Waals surface area contributed by atoms with Crippen molar-refractivity contribution in [1.29, 1.82) is 0 Å². The Hall–Kier alpha value is 0. The van der Waals surface area contributed by atoms with Gasteiger partial charge in [-0.15, -0.1) is 0 Å². The summed E-state index contributed by atoms with van der Waals surface area (Å²) in [6, 6.07) is 0. The molecule has 0 aliphatic heterocycles. The van der Waals surface area contributed by atoms with E-state index in [9.17, 15) is 0 Å². The lowest BCUT2D eigenvalue weighted by atomic mass is 9.47. The molecule has 82 valence electrons. The fraction of sp³-hybridized carbons (Fsp3) is 1.00. The molecule has 0 nitrogen and oxygen atoms in total. The van der Waals surface area contributed by atoms with Crippen LogP contribution in [0, 0.1) is 22.7 Å². The highest BCUT2D eigenvalue weighted by Crippen LogP contribution is 2.60. The molecule has 0 atom stereocenters. The first-order valence-electron chi connectivity index (χ1n) is 6.46. The highest BCUT2D eigenvalue weighted by molar-refractivity contribution is 5.01. The van der Waals surface area contributed by atoms with E-state index in [1.165, 1.54) is 38.5 Å². The predicted molar refractivity (Wildman–Crippen MR) is 62.2 cm³/mol. The van der Waals surface area contributed by atoms with Gasteiger partial charge in [-0.1, -0.05) is 40.5 Å². The van der Waals surface area contributed by atoms with Gasteiger partial charge in [0.1, 0.15) is 0 Å². The van der Waals surface area contributed by atoms with Crippen LogP contribution in [0.15, 0.2) is 0 Å². The van der Waals surface area contributed by atoms with Gasteiger partial charge in [-0.05, 0) is 48.3 Å². The van der Waals surface area contributed by atoms with Crippen LogP contribution in [0.4, 0.5) is 0 Å². The van der Waals surface area contributed by atoms with Gasteiger partial charge < -0.3 is 0 Å². The molecule has 0 aromatic carbocycles. The van der Waals surface area contributed by atoms with Crippen molar-refractivity contribution in [2.24, 2.45) is 22.7 Å². The summed E-state index contributed by atoms with van der Waals surface area (Å²) in [6.07, 6.45) is 9.02. The summed E-state index contributed by atoms with van der Waals surface area (Å²) >= 11 is 0. The van der Waals surface area contributed by atoms with Crippen molar-refractivity contribution >= 4 is 0 Å². The third-order valence-corrected chi connectivity index (χ3v) is 5.52. The Labute approximate surface area is 89.5 Å². The summed E-state index contributed by atoms with van der Waals surface area (Å²) < 4.78 is 0. The van der Waals surface area contributed by atoms with Gasteiger partial charge >= 0.3 is 0 Å². The molecule has 2 aliphatic rings. The molecule has 0 amide bonds. The topological polar surface area (TPSA) is 0 Å². The van der Waals surface area contributed by atoms with Crippen LogP contribution in [0.5, 0.6) is 0 Å². The van der Waals surface area contributed by atoms with Crippen molar-refractivity contribution in [3.05, 3.63) is 0 Å². The van der Waals surface area contributed by atoms with Gasteiger partial charge in [0.05, 0.1) is 0 Å². The molecule has 2 fully saturated rings. The second-order valence-electron chi connectivity index (χ2n) is 6.79. The largest absolute Gasteiger partial charge is 0.0596 e. The quantitative estimate of drug-likeness (QED) is 0.527. The van der Waals surface area contributed by atoms with E-state index < -0.39 is 0 Å². The van der Waals surface area contributed by atoms with Gasteiger partial charge in [-0.25, -0.2) is 0 Å². The molecule has 0 heteroatoms. The fourth-order valence-corrected chi connectivity index (χ4v) is 4.27. The fourth-order valence-electron chi connectivity index (χ4n) is 4.27.